The molecule has 0 unspecified atom stereocenters. The number of hydrogen-bond donors (Lipinski definition) is 1. The van der Waals surface area contributed by atoms with Crippen molar-refractivity contribution >= 4 is 22.6 Å². The van der Waals surface area contributed by atoms with Crippen molar-refractivity contribution in [1.82, 2.24) is 24.5 Å². The maximum Gasteiger partial charge on any atom is 0.276 e. The number of para-hydroxylation sites is 1. The van der Waals surface area contributed by atoms with E-state index >= 15 is 0 Å². The Kier molecular flexibility index (Phi) is 4.38. The van der Waals surface area contributed by atoms with Gasteiger partial charge in [0.15, 0.2) is 11.3 Å². The van der Waals surface area contributed by atoms with Gasteiger partial charge in [-0.25, -0.2) is 14.3 Å². The molecular formula is C23H24N6O. The molecule has 5 rings (SSSR count). The van der Waals surface area contributed by atoms with Crippen LogP contribution in [0.15, 0.2) is 42.7 Å². The van der Waals surface area contributed by atoms with Crippen molar-refractivity contribution in [3.63, 3.8) is 0 Å². The van der Waals surface area contributed by atoms with Crippen LogP contribution in [0, 0.1) is 6.92 Å². The van der Waals surface area contributed by atoms with E-state index in [2.05, 4.69) is 42.2 Å². The summed E-state index contributed by atoms with van der Waals surface area (Å²) < 4.78 is 3.82. The third-order valence-electron chi connectivity index (χ3n) is 5.67. The Balaban J connectivity index is 1.48. The zero-order valence-corrected chi connectivity index (χ0v) is 17.4. The van der Waals surface area contributed by atoms with Crippen LogP contribution in [0.5, 0.6) is 0 Å². The van der Waals surface area contributed by atoms with Crippen LogP contribution < -0.4 is 5.32 Å². The monoisotopic (exact) mass is 400 g/mol. The molecule has 4 aromatic rings. The van der Waals surface area contributed by atoms with Gasteiger partial charge < -0.3 is 5.32 Å². The minimum Gasteiger partial charge on any atom is -0.319 e. The number of benzene rings is 1. The summed E-state index contributed by atoms with van der Waals surface area (Å²) in [5.74, 6) is -0.196. The fourth-order valence-corrected chi connectivity index (χ4v) is 4.20. The van der Waals surface area contributed by atoms with E-state index in [-0.39, 0.29) is 11.9 Å². The Morgan fingerprint density at radius 2 is 2.00 bits per heavy atom. The number of aromatic nitrogens is 5. The van der Waals surface area contributed by atoms with Crippen molar-refractivity contribution in [3.05, 3.63) is 65.2 Å². The molecule has 1 aromatic carbocycles. The first-order valence-corrected chi connectivity index (χ1v) is 10.3. The molecule has 0 saturated carbocycles. The number of fused-ring (bicyclic) bond motifs is 2. The molecule has 152 valence electrons. The molecule has 0 bridgehead atoms. The topological polar surface area (TPSA) is 77.6 Å². The molecule has 3 heterocycles. The molecule has 1 aliphatic carbocycles. The molecule has 1 N–H and O–H groups in total. The number of carbonyl (C=O) groups excluding carboxylic acids is 1. The van der Waals surface area contributed by atoms with Gasteiger partial charge in [-0.15, -0.1) is 0 Å². The van der Waals surface area contributed by atoms with E-state index in [0.29, 0.717) is 11.4 Å². The van der Waals surface area contributed by atoms with Gasteiger partial charge in [-0.1, -0.05) is 18.2 Å². The zero-order valence-electron chi connectivity index (χ0n) is 17.4. The number of anilines is 1. The first-order chi connectivity index (χ1) is 14.5. The highest BCUT2D eigenvalue weighted by Crippen LogP contribution is 2.29. The zero-order chi connectivity index (χ0) is 20.8. The number of nitrogens with one attached hydrogen (secondary N) is 1. The summed E-state index contributed by atoms with van der Waals surface area (Å²) in [7, 11) is 0. The lowest BCUT2D eigenvalue weighted by Crippen LogP contribution is -2.15. The van der Waals surface area contributed by atoms with Gasteiger partial charge in [0.2, 0.25) is 0 Å². The minimum atomic E-state index is -0.196. The van der Waals surface area contributed by atoms with E-state index in [4.69, 9.17) is 5.10 Å². The summed E-state index contributed by atoms with van der Waals surface area (Å²) in [6.45, 7) is 6.20. The first kappa shape index (κ1) is 18.5. The third kappa shape index (κ3) is 2.98. The van der Waals surface area contributed by atoms with Gasteiger partial charge in [0.05, 0.1) is 23.8 Å². The average molecular weight is 400 g/mol. The van der Waals surface area contributed by atoms with Gasteiger partial charge in [-0.2, -0.15) is 10.2 Å². The molecule has 0 atom stereocenters. The van der Waals surface area contributed by atoms with Crippen molar-refractivity contribution in [2.75, 3.05) is 5.32 Å². The molecule has 0 fully saturated rings. The first-order valence-electron chi connectivity index (χ1n) is 10.3. The van der Waals surface area contributed by atoms with E-state index < -0.39 is 0 Å². The Hall–Kier alpha value is -3.48. The van der Waals surface area contributed by atoms with Crippen LogP contribution in [0.1, 0.15) is 53.6 Å². The van der Waals surface area contributed by atoms with E-state index in [1.807, 2.05) is 33.6 Å². The highest BCUT2D eigenvalue weighted by atomic mass is 16.2. The summed E-state index contributed by atoms with van der Waals surface area (Å²) in [6, 6.07) is 10.3. The van der Waals surface area contributed by atoms with E-state index in [1.165, 1.54) is 0 Å². The van der Waals surface area contributed by atoms with Crippen LogP contribution in [0.4, 0.5) is 5.69 Å². The molecule has 1 aliphatic rings. The fraction of sp³-hybridized carbons (Fsp3) is 0.304. The van der Waals surface area contributed by atoms with Crippen molar-refractivity contribution in [1.29, 1.82) is 0 Å². The van der Waals surface area contributed by atoms with Crippen molar-refractivity contribution in [2.45, 2.75) is 46.1 Å². The molecule has 30 heavy (non-hydrogen) atoms. The van der Waals surface area contributed by atoms with Crippen LogP contribution in [-0.4, -0.2) is 30.5 Å². The van der Waals surface area contributed by atoms with Crippen molar-refractivity contribution < 1.29 is 4.79 Å². The predicted octanol–water partition coefficient (Wildman–Crippen LogP) is 4.25. The minimum absolute atomic E-state index is 0.196. The lowest BCUT2D eigenvalue weighted by molar-refractivity contribution is 0.102. The number of rotatable bonds is 4. The molecular weight excluding hydrogens is 376 g/mol. The Morgan fingerprint density at radius 1 is 1.17 bits per heavy atom. The molecule has 3 aromatic heterocycles. The van der Waals surface area contributed by atoms with Gasteiger partial charge in [-0.3, -0.25) is 4.79 Å². The maximum atomic E-state index is 13.1. The van der Waals surface area contributed by atoms with Crippen molar-refractivity contribution in [2.24, 2.45) is 0 Å². The summed E-state index contributed by atoms with van der Waals surface area (Å²) >= 11 is 0. The molecule has 0 saturated heterocycles. The SMILES string of the molecule is Cc1ccccc1-n1nc(C(=O)Nc2cnc3c(cnn3C(C)C)c2)c2c1CCC2. The number of aryl methyl sites for hydroxylation is 1. The normalized spacial score (nSPS) is 13.2. The van der Waals surface area contributed by atoms with Gasteiger partial charge >= 0.3 is 0 Å². The summed E-state index contributed by atoms with van der Waals surface area (Å²) in [5.41, 5.74) is 6.32. The van der Waals surface area contributed by atoms with Crippen LogP contribution >= 0.6 is 0 Å². The molecule has 7 nitrogen and oxygen atoms in total. The number of hydrogen-bond acceptors (Lipinski definition) is 4. The Morgan fingerprint density at radius 3 is 2.80 bits per heavy atom. The van der Waals surface area contributed by atoms with E-state index in [9.17, 15) is 4.79 Å². The second kappa shape index (κ2) is 7.09. The Labute approximate surface area is 174 Å². The summed E-state index contributed by atoms with van der Waals surface area (Å²) in [5, 5.41) is 13.0. The van der Waals surface area contributed by atoms with Gasteiger partial charge in [-0.05, 0) is 57.7 Å². The lowest BCUT2D eigenvalue weighted by Gasteiger charge is -2.08. The van der Waals surface area contributed by atoms with Crippen LogP contribution in [-0.2, 0) is 12.8 Å². The number of pyridine rings is 1. The second-order valence-corrected chi connectivity index (χ2v) is 8.10. The molecule has 0 spiro atoms. The van der Waals surface area contributed by atoms with Crippen molar-refractivity contribution in [3.8, 4) is 5.69 Å². The number of nitrogens with zero attached hydrogens (tertiary/aromatic N) is 5. The van der Waals surface area contributed by atoms with Gasteiger partial charge in [0.25, 0.3) is 5.91 Å². The third-order valence-corrected chi connectivity index (χ3v) is 5.67. The number of amides is 1. The maximum absolute atomic E-state index is 13.1. The quantitative estimate of drug-likeness (QED) is 0.556. The van der Waals surface area contributed by atoms with Gasteiger partial charge in [0.1, 0.15) is 0 Å². The van der Waals surface area contributed by atoms with E-state index in [1.54, 1.807) is 12.4 Å². The van der Waals surface area contributed by atoms with Crippen LogP contribution in [0.3, 0.4) is 0 Å². The highest BCUT2D eigenvalue weighted by Gasteiger charge is 2.27. The summed E-state index contributed by atoms with van der Waals surface area (Å²) in [4.78, 5) is 17.6. The smallest absolute Gasteiger partial charge is 0.276 e. The molecule has 0 radical (unpaired) electrons. The standard InChI is InChI=1S/C23H24N6O/c1-14(2)28-22-16(12-25-28)11-17(13-24-22)26-23(30)21-18-8-6-10-20(18)29(27-21)19-9-5-4-7-15(19)3/h4-5,7,9,11-14H,6,8,10H2,1-3H3,(H,26,30). The van der Waals surface area contributed by atoms with Crippen LogP contribution in [0.2, 0.25) is 0 Å². The van der Waals surface area contributed by atoms with Crippen LogP contribution in [0.25, 0.3) is 16.7 Å². The fourth-order valence-electron chi connectivity index (χ4n) is 4.20. The molecule has 7 heteroatoms. The average Bonchev–Trinajstić information content (AvgIpc) is 3.43. The number of carbonyl (C=O) groups is 1. The highest BCUT2D eigenvalue weighted by molar-refractivity contribution is 6.04. The largest absolute Gasteiger partial charge is 0.319 e. The predicted molar refractivity (Wildman–Crippen MR) is 116 cm³/mol. The molecule has 1 amide bonds. The lowest BCUT2D eigenvalue weighted by atomic mass is 10.1. The summed E-state index contributed by atoms with van der Waals surface area (Å²) in [6.07, 6.45) is 6.32. The molecule has 0 aliphatic heterocycles. The van der Waals surface area contributed by atoms with Gasteiger partial charge in [0, 0.05) is 22.7 Å². The van der Waals surface area contributed by atoms with E-state index in [0.717, 1.165) is 52.8 Å². The second-order valence-electron chi connectivity index (χ2n) is 8.10. The Bertz CT molecular complexity index is 1270.